The quantitative estimate of drug-likeness (QED) is 0.304. The van der Waals surface area contributed by atoms with Crippen molar-refractivity contribution in [3.63, 3.8) is 0 Å². The average Bonchev–Trinajstić information content (AvgIpc) is 2.14. The molecule has 1 heterocycles. The number of aromatic nitrogens is 3. The third-order valence-electron chi connectivity index (χ3n) is 1.53. The molecule has 0 atom stereocenters. The first-order valence-electron chi connectivity index (χ1n) is 4.60. The molecule has 1 rings (SSSR count). The van der Waals surface area contributed by atoms with E-state index in [1.807, 2.05) is 28.2 Å². The highest BCUT2D eigenvalue weighted by molar-refractivity contribution is 5.75. The van der Waals surface area contributed by atoms with Gasteiger partial charge in [-0.15, -0.1) is 0 Å². The lowest BCUT2D eigenvalue weighted by molar-refractivity contribution is 0.478. The van der Waals surface area contributed by atoms with Gasteiger partial charge in [0.25, 0.3) is 0 Å². The molecule has 0 aliphatic rings. The molecule has 9 heteroatoms. The molecule has 0 saturated heterocycles. The fraction of sp³-hybridized carbons (Fsp3) is 0.500. The highest BCUT2D eigenvalue weighted by Crippen LogP contribution is 1.80. The number of hydrogen-bond donors (Lipinski definition) is 4. The van der Waals surface area contributed by atoms with Gasteiger partial charge in [0.05, 0.1) is 0 Å². The van der Waals surface area contributed by atoms with E-state index in [0.29, 0.717) is 5.96 Å². The highest BCUT2D eigenvalue weighted by atomic mass is 16.2. The molecule has 0 bridgehead atoms. The van der Waals surface area contributed by atoms with Crippen molar-refractivity contribution in [1.82, 2.24) is 24.8 Å². The molecule has 0 amide bonds. The Kier molecular flexibility index (Phi) is 5.44. The van der Waals surface area contributed by atoms with Crippen molar-refractivity contribution in [3.05, 3.63) is 31.5 Å². The molecule has 0 spiro atoms. The van der Waals surface area contributed by atoms with Gasteiger partial charge in [0.15, 0.2) is 5.96 Å². The van der Waals surface area contributed by atoms with Crippen LogP contribution in [0.2, 0.25) is 0 Å². The lowest BCUT2D eigenvalue weighted by Gasteiger charge is -2.19. The Balaban J connectivity index is 0.000000304. The minimum Gasteiger partial charge on any atom is -0.349 e. The summed E-state index contributed by atoms with van der Waals surface area (Å²) in [5.41, 5.74) is -2.41. The van der Waals surface area contributed by atoms with Gasteiger partial charge in [0, 0.05) is 28.2 Å². The van der Waals surface area contributed by atoms with E-state index in [-0.39, 0.29) is 0 Å². The summed E-state index contributed by atoms with van der Waals surface area (Å²) >= 11 is 0. The summed E-state index contributed by atoms with van der Waals surface area (Å²) in [4.78, 5) is 39.4. The van der Waals surface area contributed by atoms with Crippen molar-refractivity contribution in [2.75, 3.05) is 28.2 Å². The zero-order valence-corrected chi connectivity index (χ0v) is 10.1. The predicted molar refractivity (Wildman–Crippen MR) is 63.4 cm³/mol. The number of aromatic amines is 3. The monoisotopic (exact) mass is 244 g/mol. The van der Waals surface area contributed by atoms with Crippen LogP contribution >= 0.6 is 0 Å². The fourth-order valence-corrected chi connectivity index (χ4v) is 0.803. The summed E-state index contributed by atoms with van der Waals surface area (Å²) in [6.07, 6.45) is 0. The second-order valence-corrected chi connectivity index (χ2v) is 3.47. The number of rotatable bonds is 0. The molecule has 1 aromatic rings. The van der Waals surface area contributed by atoms with Crippen molar-refractivity contribution >= 4 is 5.96 Å². The van der Waals surface area contributed by atoms with Crippen molar-refractivity contribution in [2.45, 2.75) is 0 Å². The van der Waals surface area contributed by atoms with E-state index in [1.165, 1.54) is 0 Å². The van der Waals surface area contributed by atoms with Crippen LogP contribution in [0.25, 0.3) is 0 Å². The van der Waals surface area contributed by atoms with Gasteiger partial charge >= 0.3 is 17.1 Å². The Morgan fingerprint density at radius 1 is 0.824 bits per heavy atom. The molecule has 96 valence electrons. The number of nitrogens with one attached hydrogen (secondary N) is 4. The Morgan fingerprint density at radius 2 is 1.06 bits per heavy atom. The third-order valence-corrected chi connectivity index (χ3v) is 1.53. The first-order chi connectivity index (χ1) is 7.73. The summed E-state index contributed by atoms with van der Waals surface area (Å²) in [5.74, 6) is 0.519. The second-order valence-electron chi connectivity index (χ2n) is 3.47. The topological polar surface area (TPSA) is 129 Å². The maximum atomic E-state index is 10.2. The molecular formula is C8H16N6O3. The van der Waals surface area contributed by atoms with Crippen LogP contribution in [0.15, 0.2) is 14.4 Å². The minimum absolute atomic E-state index is 0.519. The lowest BCUT2D eigenvalue weighted by Crippen LogP contribution is -2.34. The number of H-pyrrole nitrogens is 3. The highest BCUT2D eigenvalue weighted by Gasteiger charge is 1.97. The summed E-state index contributed by atoms with van der Waals surface area (Å²) in [7, 11) is 7.40. The molecule has 1 aromatic heterocycles. The van der Waals surface area contributed by atoms with E-state index >= 15 is 0 Å². The van der Waals surface area contributed by atoms with E-state index in [1.54, 1.807) is 24.8 Å². The fourth-order valence-electron chi connectivity index (χ4n) is 0.803. The van der Waals surface area contributed by atoms with Gasteiger partial charge in [-0.05, 0) is 0 Å². The number of hydrogen-bond acceptors (Lipinski definition) is 4. The van der Waals surface area contributed by atoms with E-state index in [4.69, 9.17) is 5.41 Å². The van der Waals surface area contributed by atoms with Crippen LogP contribution < -0.4 is 17.1 Å². The minimum atomic E-state index is -0.802. The zero-order valence-electron chi connectivity index (χ0n) is 10.1. The molecule has 9 nitrogen and oxygen atoms in total. The average molecular weight is 244 g/mol. The molecule has 17 heavy (non-hydrogen) atoms. The lowest BCUT2D eigenvalue weighted by atomic mass is 10.7. The number of nitrogens with zero attached hydrogens (tertiary/aromatic N) is 2. The largest absolute Gasteiger partial charge is 0.349 e. The summed E-state index contributed by atoms with van der Waals surface area (Å²) in [6, 6.07) is 0. The van der Waals surface area contributed by atoms with Crippen LogP contribution in [0, 0.1) is 5.41 Å². The summed E-state index contributed by atoms with van der Waals surface area (Å²) < 4.78 is 0. The molecule has 0 unspecified atom stereocenters. The Morgan fingerprint density at radius 3 is 1.18 bits per heavy atom. The van der Waals surface area contributed by atoms with Gasteiger partial charge in [-0.2, -0.15) is 0 Å². The molecular weight excluding hydrogens is 228 g/mol. The van der Waals surface area contributed by atoms with Gasteiger partial charge < -0.3 is 9.80 Å². The van der Waals surface area contributed by atoms with Crippen LogP contribution in [0.5, 0.6) is 0 Å². The maximum absolute atomic E-state index is 10.2. The van der Waals surface area contributed by atoms with E-state index < -0.39 is 17.1 Å². The summed E-state index contributed by atoms with van der Waals surface area (Å²) in [6.45, 7) is 0. The SMILES string of the molecule is CN(C)C(=N)N(C)C.O=c1[nH]c(=O)[nH]c(=O)[nH]1. The Bertz CT molecular complexity index is 434. The van der Waals surface area contributed by atoms with Gasteiger partial charge in [0.2, 0.25) is 0 Å². The van der Waals surface area contributed by atoms with Gasteiger partial charge in [-0.3, -0.25) is 20.4 Å². The smallest absolute Gasteiger partial charge is 0.330 e. The predicted octanol–water partition coefficient (Wildman–Crippen LogP) is -2.20. The molecule has 0 aliphatic carbocycles. The maximum Gasteiger partial charge on any atom is 0.330 e. The molecule has 0 aliphatic heterocycles. The van der Waals surface area contributed by atoms with Gasteiger partial charge in [-0.25, -0.2) is 14.4 Å². The Hall–Kier alpha value is -2.32. The Labute approximate surface area is 96.6 Å². The normalized spacial score (nSPS) is 8.94. The molecule has 0 radical (unpaired) electrons. The molecule has 0 aromatic carbocycles. The molecule has 0 fully saturated rings. The van der Waals surface area contributed by atoms with E-state index in [9.17, 15) is 14.4 Å². The van der Waals surface area contributed by atoms with E-state index in [0.717, 1.165) is 0 Å². The van der Waals surface area contributed by atoms with Gasteiger partial charge in [0.1, 0.15) is 0 Å². The first kappa shape index (κ1) is 14.7. The van der Waals surface area contributed by atoms with Crippen LogP contribution in [0.3, 0.4) is 0 Å². The van der Waals surface area contributed by atoms with Crippen LogP contribution in [0.4, 0.5) is 0 Å². The summed E-state index contributed by atoms with van der Waals surface area (Å²) in [5, 5.41) is 7.25. The first-order valence-corrected chi connectivity index (χ1v) is 4.60. The molecule has 0 saturated carbocycles. The van der Waals surface area contributed by atoms with Crippen molar-refractivity contribution in [1.29, 1.82) is 5.41 Å². The number of guanidine groups is 1. The van der Waals surface area contributed by atoms with E-state index in [2.05, 4.69) is 0 Å². The zero-order chi connectivity index (χ0) is 13.6. The van der Waals surface area contributed by atoms with Crippen molar-refractivity contribution in [2.24, 2.45) is 0 Å². The van der Waals surface area contributed by atoms with Crippen LogP contribution in [0.1, 0.15) is 0 Å². The molecule has 4 N–H and O–H groups in total. The second kappa shape index (κ2) is 6.30. The van der Waals surface area contributed by atoms with Crippen molar-refractivity contribution in [3.8, 4) is 0 Å². The van der Waals surface area contributed by atoms with Crippen LogP contribution in [-0.2, 0) is 0 Å². The van der Waals surface area contributed by atoms with Crippen molar-refractivity contribution < 1.29 is 0 Å². The van der Waals surface area contributed by atoms with Gasteiger partial charge in [-0.1, -0.05) is 0 Å². The third kappa shape index (κ3) is 5.97. The standard InChI is InChI=1S/C5H13N3.C3H3N3O3/c1-7(2)5(6)8(3)4;7-1-4-2(8)6-3(9)5-1/h6H,1-4H3;(H3,4,5,6,7,8,9). The van der Waals surface area contributed by atoms with Crippen LogP contribution in [-0.4, -0.2) is 58.9 Å².